The Balaban J connectivity index is 1.58. The molecule has 6 heteroatoms. The molecule has 23 heavy (non-hydrogen) atoms. The molecule has 0 bridgehead atoms. The van der Waals surface area contributed by atoms with Crippen molar-refractivity contribution in [3.05, 3.63) is 40.4 Å². The second-order valence-corrected chi connectivity index (χ2v) is 6.99. The first kappa shape index (κ1) is 14.7. The van der Waals surface area contributed by atoms with Gasteiger partial charge in [-0.3, -0.25) is 9.48 Å². The molecule has 1 amide bonds. The monoisotopic (exact) mass is 330 g/mol. The fourth-order valence-electron chi connectivity index (χ4n) is 3.31. The SMILES string of the molecule is CC1Cc2cc(Cl)ccc2N1C(=O)Cc1nc(C2CC2)nn1C. The predicted molar refractivity (Wildman–Crippen MR) is 88.8 cm³/mol. The first-order valence-corrected chi connectivity index (χ1v) is 8.41. The van der Waals surface area contributed by atoms with Crippen LogP contribution in [0.4, 0.5) is 5.69 Å². The van der Waals surface area contributed by atoms with Crippen LogP contribution in [-0.4, -0.2) is 26.7 Å². The van der Waals surface area contributed by atoms with Crippen LogP contribution in [0.3, 0.4) is 0 Å². The van der Waals surface area contributed by atoms with Crippen molar-refractivity contribution >= 4 is 23.2 Å². The number of hydrogen-bond donors (Lipinski definition) is 0. The Bertz CT molecular complexity index is 781. The lowest BCUT2D eigenvalue weighted by Gasteiger charge is -2.22. The van der Waals surface area contributed by atoms with Gasteiger partial charge in [-0.2, -0.15) is 5.10 Å². The van der Waals surface area contributed by atoms with Gasteiger partial charge in [0, 0.05) is 29.7 Å². The van der Waals surface area contributed by atoms with Crippen molar-refractivity contribution in [2.75, 3.05) is 4.90 Å². The van der Waals surface area contributed by atoms with Gasteiger partial charge in [-0.25, -0.2) is 4.98 Å². The van der Waals surface area contributed by atoms with Crippen molar-refractivity contribution < 1.29 is 4.79 Å². The van der Waals surface area contributed by atoms with Crippen LogP contribution in [0.1, 0.15) is 42.9 Å². The van der Waals surface area contributed by atoms with Gasteiger partial charge >= 0.3 is 0 Å². The minimum absolute atomic E-state index is 0.0661. The van der Waals surface area contributed by atoms with E-state index in [1.54, 1.807) is 4.68 Å². The van der Waals surface area contributed by atoms with E-state index in [1.807, 2.05) is 30.1 Å². The summed E-state index contributed by atoms with van der Waals surface area (Å²) >= 11 is 6.06. The molecular weight excluding hydrogens is 312 g/mol. The Kier molecular flexibility index (Phi) is 3.41. The van der Waals surface area contributed by atoms with Gasteiger partial charge in [0.1, 0.15) is 5.82 Å². The van der Waals surface area contributed by atoms with Crippen molar-refractivity contribution in [3.63, 3.8) is 0 Å². The van der Waals surface area contributed by atoms with Crippen LogP contribution in [0.25, 0.3) is 0 Å². The third-order valence-electron chi connectivity index (χ3n) is 4.65. The fourth-order valence-corrected chi connectivity index (χ4v) is 3.50. The zero-order valence-electron chi connectivity index (χ0n) is 13.3. The lowest BCUT2D eigenvalue weighted by Crippen LogP contribution is -2.37. The molecule has 1 saturated carbocycles. The van der Waals surface area contributed by atoms with Gasteiger partial charge in [-0.15, -0.1) is 0 Å². The summed E-state index contributed by atoms with van der Waals surface area (Å²) in [5, 5.41) is 5.16. The number of hydrogen-bond acceptors (Lipinski definition) is 3. The molecule has 120 valence electrons. The summed E-state index contributed by atoms with van der Waals surface area (Å²) in [6.45, 7) is 2.07. The average Bonchev–Trinajstić information content (AvgIpc) is 3.20. The molecular formula is C17H19ClN4O. The normalized spacial score (nSPS) is 20.0. The molecule has 4 rings (SSSR count). The second kappa shape index (κ2) is 5.34. The Morgan fingerprint density at radius 1 is 1.39 bits per heavy atom. The van der Waals surface area contributed by atoms with E-state index in [-0.39, 0.29) is 18.4 Å². The van der Waals surface area contributed by atoms with Crippen LogP contribution >= 0.6 is 11.6 Å². The Morgan fingerprint density at radius 3 is 2.91 bits per heavy atom. The number of carbonyl (C=O) groups is 1. The van der Waals surface area contributed by atoms with Crippen molar-refractivity contribution in [2.45, 2.75) is 44.6 Å². The highest BCUT2D eigenvalue weighted by Gasteiger charge is 2.33. The highest BCUT2D eigenvalue weighted by Crippen LogP contribution is 2.38. The van der Waals surface area contributed by atoms with Crippen LogP contribution < -0.4 is 4.90 Å². The van der Waals surface area contributed by atoms with E-state index in [9.17, 15) is 4.79 Å². The lowest BCUT2D eigenvalue weighted by atomic mass is 10.1. The summed E-state index contributed by atoms with van der Waals surface area (Å²) in [4.78, 5) is 19.3. The molecule has 1 aliphatic carbocycles. The molecule has 0 N–H and O–H groups in total. The van der Waals surface area contributed by atoms with Crippen molar-refractivity contribution in [3.8, 4) is 0 Å². The van der Waals surface area contributed by atoms with Gasteiger partial charge in [0.15, 0.2) is 5.82 Å². The van der Waals surface area contributed by atoms with Crippen molar-refractivity contribution in [1.29, 1.82) is 0 Å². The second-order valence-electron chi connectivity index (χ2n) is 6.55. The highest BCUT2D eigenvalue weighted by molar-refractivity contribution is 6.30. The molecule has 1 unspecified atom stereocenters. The fraction of sp³-hybridized carbons (Fsp3) is 0.471. The van der Waals surface area contributed by atoms with Crippen molar-refractivity contribution in [1.82, 2.24) is 14.8 Å². The van der Waals surface area contributed by atoms with Crippen LogP contribution in [0, 0.1) is 0 Å². The largest absolute Gasteiger partial charge is 0.309 e. The summed E-state index contributed by atoms with van der Waals surface area (Å²) in [5.74, 6) is 2.19. The summed E-state index contributed by atoms with van der Waals surface area (Å²) < 4.78 is 1.75. The molecule has 0 spiro atoms. The molecule has 2 heterocycles. The van der Waals surface area contributed by atoms with E-state index >= 15 is 0 Å². The highest BCUT2D eigenvalue weighted by atomic mass is 35.5. The first-order valence-electron chi connectivity index (χ1n) is 8.03. The number of benzene rings is 1. The number of nitrogens with zero attached hydrogens (tertiary/aromatic N) is 4. The molecule has 1 atom stereocenters. The van der Waals surface area contributed by atoms with Crippen molar-refractivity contribution in [2.24, 2.45) is 7.05 Å². The maximum absolute atomic E-state index is 12.8. The quantitative estimate of drug-likeness (QED) is 0.869. The predicted octanol–water partition coefficient (Wildman–Crippen LogP) is 2.87. The third-order valence-corrected chi connectivity index (χ3v) is 4.88. The zero-order chi connectivity index (χ0) is 16.1. The molecule has 2 aromatic rings. The number of anilines is 1. The minimum atomic E-state index is 0.0661. The molecule has 0 saturated heterocycles. The summed E-state index contributed by atoms with van der Waals surface area (Å²) in [6.07, 6.45) is 3.44. The number of rotatable bonds is 3. The van der Waals surface area contributed by atoms with Gasteiger partial charge in [0.2, 0.25) is 5.91 Å². The molecule has 1 fully saturated rings. The molecule has 0 radical (unpaired) electrons. The van der Waals surface area contributed by atoms with E-state index in [2.05, 4.69) is 17.0 Å². The standard InChI is InChI=1S/C17H19ClN4O/c1-10-7-12-8-13(18)5-6-14(12)22(10)16(23)9-15-19-17(11-3-4-11)20-21(15)2/h5-6,8,10-11H,3-4,7,9H2,1-2H3. The van der Waals surface area contributed by atoms with E-state index in [1.165, 1.54) is 0 Å². The number of fused-ring (bicyclic) bond motifs is 1. The van der Waals surface area contributed by atoms with E-state index in [0.717, 1.165) is 42.2 Å². The topological polar surface area (TPSA) is 51.0 Å². The Morgan fingerprint density at radius 2 is 2.17 bits per heavy atom. The summed E-state index contributed by atoms with van der Waals surface area (Å²) in [5.41, 5.74) is 2.10. The molecule has 1 aliphatic heterocycles. The maximum atomic E-state index is 12.8. The Labute approximate surface area is 140 Å². The number of aryl methyl sites for hydroxylation is 1. The number of aromatic nitrogens is 3. The van der Waals surface area contributed by atoms with Gasteiger partial charge in [-0.1, -0.05) is 11.6 Å². The van der Waals surface area contributed by atoms with Crippen LogP contribution in [0.2, 0.25) is 5.02 Å². The van der Waals surface area contributed by atoms with Gasteiger partial charge < -0.3 is 4.90 Å². The molecule has 2 aliphatic rings. The minimum Gasteiger partial charge on any atom is -0.309 e. The smallest absolute Gasteiger partial charge is 0.234 e. The van der Waals surface area contributed by atoms with Gasteiger partial charge in [0.25, 0.3) is 0 Å². The summed E-state index contributed by atoms with van der Waals surface area (Å²) in [7, 11) is 1.86. The summed E-state index contributed by atoms with van der Waals surface area (Å²) in [6, 6.07) is 5.87. The third kappa shape index (κ3) is 2.63. The Hall–Kier alpha value is -1.88. The van der Waals surface area contributed by atoms with Crippen LogP contribution in [0.5, 0.6) is 0 Å². The van der Waals surface area contributed by atoms with E-state index in [4.69, 9.17) is 11.6 Å². The first-order chi connectivity index (χ1) is 11.0. The van der Waals surface area contributed by atoms with Crippen LogP contribution in [0.15, 0.2) is 18.2 Å². The average molecular weight is 331 g/mol. The van der Waals surface area contributed by atoms with Crippen LogP contribution in [-0.2, 0) is 24.7 Å². The van der Waals surface area contributed by atoms with Gasteiger partial charge in [0.05, 0.1) is 6.42 Å². The molecule has 1 aromatic carbocycles. The lowest BCUT2D eigenvalue weighted by molar-refractivity contribution is -0.118. The molecule has 5 nitrogen and oxygen atoms in total. The molecule has 1 aromatic heterocycles. The number of halogens is 1. The van der Waals surface area contributed by atoms with Gasteiger partial charge in [-0.05, 0) is 49.9 Å². The van der Waals surface area contributed by atoms with E-state index in [0.29, 0.717) is 10.9 Å². The zero-order valence-corrected chi connectivity index (χ0v) is 14.0. The number of carbonyl (C=O) groups excluding carboxylic acids is 1. The van der Waals surface area contributed by atoms with E-state index < -0.39 is 0 Å². The number of amides is 1. The maximum Gasteiger partial charge on any atom is 0.234 e.